The lowest BCUT2D eigenvalue weighted by Gasteiger charge is -2.37. The summed E-state index contributed by atoms with van der Waals surface area (Å²) in [6.45, 7) is 8.35. The van der Waals surface area contributed by atoms with Crippen LogP contribution in [0.4, 0.5) is 11.4 Å². The van der Waals surface area contributed by atoms with Crippen LogP contribution >= 0.6 is 0 Å². The fourth-order valence-electron chi connectivity index (χ4n) is 1.99. The molecule has 0 saturated heterocycles. The summed E-state index contributed by atoms with van der Waals surface area (Å²) in [5, 5.41) is 22.8. The number of rotatable bonds is 4. The van der Waals surface area contributed by atoms with Crippen LogP contribution < -0.4 is 10.6 Å². The summed E-state index contributed by atoms with van der Waals surface area (Å²) in [5.41, 5.74) is 6.58. The quantitative estimate of drug-likeness (QED) is 0.292. The molecule has 0 aromatic heterocycles. The van der Waals surface area contributed by atoms with Gasteiger partial charge in [-0.25, -0.2) is 0 Å². The van der Waals surface area contributed by atoms with Crippen molar-refractivity contribution in [2.75, 3.05) is 11.9 Å². The maximum atomic E-state index is 10.9. The number of oxime groups is 1. The maximum absolute atomic E-state index is 10.9. The van der Waals surface area contributed by atoms with Crippen molar-refractivity contribution in [2.45, 2.75) is 33.7 Å². The first-order valence-corrected chi connectivity index (χ1v) is 6.58. The topological polar surface area (TPSA) is 105 Å². The van der Waals surface area contributed by atoms with E-state index >= 15 is 0 Å². The van der Waals surface area contributed by atoms with E-state index in [1.54, 1.807) is 6.07 Å². The number of benzene rings is 1. The first kappa shape index (κ1) is 16.7. The summed E-state index contributed by atoms with van der Waals surface area (Å²) in [7, 11) is 1.88. The molecular weight excluding hydrogens is 272 g/mol. The first-order chi connectivity index (χ1) is 9.59. The second-order valence-electron chi connectivity index (χ2n) is 6.10. The van der Waals surface area contributed by atoms with Gasteiger partial charge in [-0.1, -0.05) is 25.9 Å². The minimum Gasteiger partial charge on any atom is -0.409 e. The van der Waals surface area contributed by atoms with Crippen LogP contribution in [0.1, 0.15) is 33.3 Å². The SMILES string of the molecule is CC(N(C)c1ccc([N+](=O)[O-])cc1C(N)=NO)C(C)(C)C. The number of nitro benzene ring substituents is 1. The lowest BCUT2D eigenvalue weighted by molar-refractivity contribution is -0.384. The summed E-state index contributed by atoms with van der Waals surface area (Å²) in [5.74, 6) is -0.151. The molecule has 3 N–H and O–H groups in total. The predicted molar refractivity (Wildman–Crippen MR) is 82.9 cm³/mol. The zero-order valence-electron chi connectivity index (χ0n) is 13.0. The fraction of sp³-hybridized carbons (Fsp3) is 0.500. The highest BCUT2D eigenvalue weighted by Gasteiger charge is 2.26. The molecule has 1 unspecified atom stereocenters. The van der Waals surface area contributed by atoms with Crippen molar-refractivity contribution in [3.8, 4) is 0 Å². The molecule has 1 aromatic rings. The Kier molecular flexibility index (Phi) is 4.77. The van der Waals surface area contributed by atoms with Crippen LogP contribution in [0.15, 0.2) is 23.4 Å². The minimum absolute atomic E-state index is 0.00108. The number of nitrogens with zero attached hydrogens (tertiary/aromatic N) is 3. The molecule has 0 amide bonds. The van der Waals surface area contributed by atoms with E-state index in [4.69, 9.17) is 10.9 Å². The number of amidine groups is 1. The molecule has 0 spiro atoms. The number of hydrogen-bond acceptors (Lipinski definition) is 5. The van der Waals surface area contributed by atoms with Crippen LogP contribution in [-0.2, 0) is 0 Å². The Bertz CT molecular complexity index is 564. The third-order valence-corrected chi connectivity index (χ3v) is 3.79. The molecule has 0 aliphatic rings. The number of nitrogens with two attached hydrogens (primary N) is 1. The number of anilines is 1. The fourth-order valence-corrected chi connectivity index (χ4v) is 1.99. The standard InChI is InChI=1S/C14H22N4O3/c1-9(14(2,3)4)17(5)12-7-6-10(18(20)21)8-11(12)13(15)16-19/h6-9,19H,1-5H3,(H2,15,16). The van der Waals surface area contributed by atoms with Crippen molar-refractivity contribution in [1.82, 2.24) is 0 Å². The molecule has 1 aromatic carbocycles. The highest BCUT2D eigenvalue weighted by molar-refractivity contribution is 6.02. The summed E-state index contributed by atoms with van der Waals surface area (Å²) in [6, 6.07) is 4.49. The Hall–Kier alpha value is -2.31. The summed E-state index contributed by atoms with van der Waals surface area (Å²) >= 11 is 0. The number of nitro groups is 1. The lowest BCUT2D eigenvalue weighted by atomic mass is 9.86. The van der Waals surface area contributed by atoms with Crippen molar-refractivity contribution in [3.63, 3.8) is 0 Å². The summed E-state index contributed by atoms with van der Waals surface area (Å²) in [4.78, 5) is 12.3. The van der Waals surface area contributed by atoms with Crippen LogP contribution in [0.3, 0.4) is 0 Å². The third kappa shape index (κ3) is 3.62. The molecule has 0 fully saturated rings. The molecule has 0 bridgehead atoms. The normalized spacial score (nSPS) is 13.9. The predicted octanol–water partition coefficient (Wildman–Crippen LogP) is 2.56. The molecule has 0 aliphatic carbocycles. The zero-order chi connectivity index (χ0) is 16.4. The van der Waals surface area contributed by atoms with Crippen molar-refractivity contribution < 1.29 is 10.1 Å². The van der Waals surface area contributed by atoms with Crippen LogP contribution in [-0.4, -0.2) is 29.1 Å². The van der Waals surface area contributed by atoms with Crippen LogP contribution in [0.5, 0.6) is 0 Å². The van der Waals surface area contributed by atoms with Gasteiger partial charge in [0.25, 0.3) is 5.69 Å². The Balaban J connectivity index is 3.39. The molecule has 116 valence electrons. The lowest BCUT2D eigenvalue weighted by Crippen LogP contribution is -2.40. The molecule has 1 atom stereocenters. The Labute approximate surface area is 124 Å². The highest BCUT2D eigenvalue weighted by Crippen LogP contribution is 2.31. The van der Waals surface area contributed by atoms with E-state index in [1.807, 2.05) is 11.9 Å². The van der Waals surface area contributed by atoms with Gasteiger partial charge in [0.15, 0.2) is 5.84 Å². The number of hydrogen-bond donors (Lipinski definition) is 2. The third-order valence-electron chi connectivity index (χ3n) is 3.79. The molecule has 0 radical (unpaired) electrons. The van der Waals surface area contributed by atoms with E-state index < -0.39 is 4.92 Å². The van der Waals surface area contributed by atoms with E-state index in [0.717, 1.165) is 0 Å². The summed E-state index contributed by atoms with van der Waals surface area (Å²) in [6.07, 6.45) is 0. The zero-order valence-corrected chi connectivity index (χ0v) is 13.0. The number of non-ortho nitro benzene ring substituents is 1. The smallest absolute Gasteiger partial charge is 0.270 e. The van der Waals surface area contributed by atoms with Crippen molar-refractivity contribution in [2.24, 2.45) is 16.3 Å². The van der Waals surface area contributed by atoms with Gasteiger partial charge in [-0.05, 0) is 18.4 Å². The first-order valence-electron chi connectivity index (χ1n) is 6.58. The molecule has 7 nitrogen and oxygen atoms in total. The van der Waals surface area contributed by atoms with E-state index in [0.29, 0.717) is 11.3 Å². The average molecular weight is 294 g/mol. The van der Waals surface area contributed by atoms with Gasteiger partial charge in [0.2, 0.25) is 0 Å². The maximum Gasteiger partial charge on any atom is 0.270 e. The van der Waals surface area contributed by atoms with Crippen molar-refractivity contribution in [1.29, 1.82) is 0 Å². The van der Waals surface area contributed by atoms with Gasteiger partial charge in [0.05, 0.1) is 10.5 Å². The van der Waals surface area contributed by atoms with Crippen LogP contribution in [0.25, 0.3) is 0 Å². The average Bonchev–Trinajstić information content (AvgIpc) is 2.43. The highest BCUT2D eigenvalue weighted by atomic mass is 16.6. The van der Waals surface area contributed by atoms with E-state index in [9.17, 15) is 10.1 Å². The van der Waals surface area contributed by atoms with E-state index in [1.165, 1.54) is 12.1 Å². The largest absolute Gasteiger partial charge is 0.409 e. The van der Waals surface area contributed by atoms with E-state index in [-0.39, 0.29) is 23.0 Å². The monoisotopic (exact) mass is 294 g/mol. The van der Waals surface area contributed by atoms with Crippen LogP contribution in [0.2, 0.25) is 0 Å². The van der Waals surface area contributed by atoms with Gasteiger partial charge in [0.1, 0.15) is 0 Å². The van der Waals surface area contributed by atoms with Gasteiger partial charge in [-0.15, -0.1) is 0 Å². The van der Waals surface area contributed by atoms with Gasteiger partial charge in [-0.2, -0.15) is 0 Å². The minimum atomic E-state index is -0.509. The van der Waals surface area contributed by atoms with Gasteiger partial charge < -0.3 is 15.8 Å². The molecule has 0 saturated carbocycles. The van der Waals surface area contributed by atoms with Crippen LogP contribution in [0, 0.1) is 15.5 Å². The Morgan fingerprint density at radius 2 is 2.05 bits per heavy atom. The second-order valence-corrected chi connectivity index (χ2v) is 6.10. The van der Waals surface area contributed by atoms with Crippen molar-refractivity contribution >= 4 is 17.2 Å². The Morgan fingerprint density at radius 3 is 2.48 bits per heavy atom. The molecular formula is C14H22N4O3. The Morgan fingerprint density at radius 1 is 1.48 bits per heavy atom. The molecule has 7 heteroatoms. The molecule has 0 heterocycles. The summed E-state index contributed by atoms with van der Waals surface area (Å²) < 4.78 is 0. The van der Waals surface area contributed by atoms with Gasteiger partial charge in [0, 0.05) is 30.9 Å². The second kappa shape index (κ2) is 5.99. The molecule has 1 rings (SSSR count). The van der Waals surface area contributed by atoms with Crippen molar-refractivity contribution in [3.05, 3.63) is 33.9 Å². The van der Waals surface area contributed by atoms with Gasteiger partial charge >= 0.3 is 0 Å². The molecule has 21 heavy (non-hydrogen) atoms. The van der Waals surface area contributed by atoms with E-state index in [2.05, 4.69) is 32.9 Å². The molecule has 0 aliphatic heterocycles. The van der Waals surface area contributed by atoms with Gasteiger partial charge in [-0.3, -0.25) is 10.1 Å².